The van der Waals surface area contributed by atoms with Crippen molar-refractivity contribution < 1.29 is 14.0 Å². The maximum atomic E-state index is 14.1. The quantitative estimate of drug-likeness (QED) is 0.311. The molecule has 180 valence electrons. The summed E-state index contributed by atoms with van der Waals surface area (Å²) in [6, 6.07) is 15.5. The van der Waals surface area contributed by atoms with Crippen LogP contribution in [-0.4, -0.2) is 41.0 Å². The molecule has 4 rings (SSSR count). The monoisotopic (exact) mass is 528 g/mol. The van der Waals surface area contributed by atoms with Gasteiger partial charge in [0.2, 0.25) is 11.0 Å². The summed E-state index contributed by atoms with van der Waals surface area (Å²) in [5.74, 6) is -1.68. The summed E-state index contributed by atoms with van der Waals surface area (Å²) in [6.45, 7) is 1.81. The minimum absolute atomic E-state index is 0.171. The molecule has 0 spiro atoms. The fourth-order valence-corrected chi connectivity index (χ4v) is 5.70. The number of anilines is 1. The highest BCUT2D eigenvalue weighted by Crippen LogP contribution is 2.40. The van der Waals surface area contributed by atoms with E-state index in [9.17, 15) is 14.0 Å². The van der Waals surface area contributed by atoms with Gasteiger partial charge in [-0.15, -0.1) is 21.5 Å². The van der Waals surface area contributed by atoms with Gasteiger partial charge in [-0.1, -0.05) is 48.1 Å². The number of aromatic nitrogens is 2. The zero-order valence-electron chi connectivity index (χ0n) is 19.2. The molecular formula is C25H22ClFN4O2S2. The number of nitrogens with zero attached hydrogens (tertiary/aromatic N) is 3. The van der Waals surface area contributed by atoms with E-state index in [0.29, 0.717) is 21.3 Å². The van der Waals surface area contributed by atoms with Crippen molar-refractivity contribution >= 4 is 51.2 Å². The molecule has 0 saturated carbocycles. The van der Waals surface area contributed by atoms with E-state index in [1.807, 2.05) is 31.2 Å². The highest BCUT2D eigenvalue weighted by Gasteiger charge is 2.29. The van der Waals surface area contributed by atoms with Crippen LogP contribution >= 0.6 is 34.3 Å². The fraction of sp³-hybridized carbons (Fsp3) is 0.200. The van der Waals surface area contributed by atoms with Crippen molar-refractivity contribution in [3.05, 3.63) is 87.0 Å². The molecule has 0 aliphatic carbocycles. The van der Waals surface area contributed by atoms with Crippen molar-refractivity contribution in [3.63, 3.8) is 0 Å². The van der Waals surface area contributed by atoms with E-state index in [2.05, 4.69) is 15.5 Å². The van der Waals surface area contributed by atoms with Gasteiger partial charge < -0.3 is 10.2 Å². The van der Waals surface area contributed by atoms with Gasteiger partial charge in [0.1, 0.15) is 11.3 Å². The second kappa shape index (κ2) is 10.6. The van der Waals surface area contributed by atoms with Gasteiger partial charge >= 0.3 is 0 Å². The van der Waals surface area contributed by atoms with Crippen LogP contribution in [0.25, 0.3) is 10.4 Å². The molecule has 1 N–H and O–H groups in total. The molecule has 0 bridgehead atoms. The molecule has 35 heavy (non-hydrogen) atoms. The van der Waals surface area contributed by atoms with Gasteiger partial charge in [-0.05, 0) is 47.5 Å². The Kier molecular flexibility index (Phi) is 7.59. The van der Waals surface area contributed by atoms with E-state index in [0.717, 1.165) is 15.3 Å². The van der Waals surface area contributed by atoms with Crippen molar-refractivity contribution in [2.75, 3.05) is 19.4 Å². The molecule has 0 aliphatic rings. The Labute approximate surface area is 215 Å². The average Bonchev–Trinajstić information content (AvgIpc) is 3.51. The number of rotatable bonds is 7. The zero-order chi connectivity index (χ0) is 25.1. The van der Waals surface area contributed by atoms with Gasteiger partial charge in [-0.3, -0.25) is 9.59 Å². The summed E-state index contributed by atoms with van der Waals surface area (Å²) >= 11 is 9.14. The predicted octanol–water partition coefficient (Wildman–Crippen LogP) is 6.17. The molecule has 2 amide bonds. The lowest BCUT2D eigenvalue weighted by Gasteiger charge is -2.22. The van der Waals surface area contributed by atoms with Crippen molar-refractivity contribution in [1.82, 2.24) is 15.1 Å². The third-order valence-corrected chi connectivity index (χ3v) is 7.67. The summed E-state index contributed by atoms with van der Waals surface area (Å²) in [5.41, 5.74) is 3.52. The fourth-order valence-electron chi connectivity index (χ4n) is 3.76. The number of thiophene rings is 1. The summed E-state index contributed by atoms with van der Waals surface area (Å²) in [4.78, 5) is 28.7. The van der Waals surface area contributed by atoms with Gasteiger partial charge in [0.25, 0.3) is 5.91 Å². The molecule has 10 heteroatoms. The Morgan fingerprint density at radius 1 is 1.11 bits per heavy atom. The molecule has 6 nitrogen and oxygen atoms in total. The zero-order valence-corrected chi connectivity index (χ0v) is 21.5. The molecule has 0 radical (unpaired) electrons. The number of hydrogen-bond donors (Lipinski definition) is 1. The highest BCUT2D eigenvalue weighted by molar-refractivity contribution is 7.15. The number of benzene rings is 2. The molecule has 4 aromatic rings. The van der Waals surface area contributed by atoms with E-state index in [4.69, 9.17) is 11.6 Å². The number of halogens is 2. The van der Waals surface area contributed by atoms with E-state index in [1.165, 1.54) is 39.7 Å². The summed E-state index contributed by atoms with van der Waals surface area (Å²) in [7, 11) is 3.35. The van der Waals surface area contributed by atoms with E-state index < -0.39 is 5.92 Å². The SMILES string of the molecule is C[C@H](C(=O)Nc1nncs1)[C@H](c1cccc(F)c1)c1ccc(-c2ccc(C(=O)N(C)C)c(Cl)c2)s1. The number of carbonyl (C=O) groups excluding carboxylic acids is 2. The van der Waals surface area contributed by atoms with E-state index in [-0.39, 0.29) is 23.5 Å². The summed E-state index contributed by atoms with van der Waals surface area (Å²) in [6.07, 6.45) is 0. The molecule has 2 atom stereocenters. The van der Waals surface area contributed by atoms with Gasteiger partial charge in [0, 0.05) is 35.7 Å². The minimum atomic E-state index is -0.518. The van der Waals surface area contributed by atoms with Crippen LogP contribution in [0.15, 0.2) is 60.1 Å². The number of hydrogen-bond acceptors (Lipinski definition) is 6. The maximum Gasteiger partial charge on any atom is 0.254 e. The Morgan fingerprint density at radius 3 is 2.57 bits per heavy atom. The molecule has 2 aromatic heterocycles. The summed E-state index contributed by atoms with van der Waals surface area (Å²) < 4.78 is 14.1. The van der Waals surface area contributed by atoms with Crippen LogP contribution in [0.4, 0.5) is 9.52 Å². The van der Waals surface area contributed by atoms with Gasteiger partial charge in [-0.2, -0.15) is 0 Å². The largest absolute Gasteiger partial charge is 0.345 e. The van der Waals surface area contributed by atoms with Crippen LogP contribution in [0.1, 0.15) is 33.6 Å². The maximum absolute atomic E-state index is 14.1. The lowest BCUT2D eigenvalue weighted by molar-refractivity contribution is -0.119. The first-order chi connectivity index (χ1) is 16.7. The van der Waals surface area contributed by atoms with Gasteiger partial charge in [0.05, 0.1) is 10.6 Å². The van der Waals surface area contributed by atoms with Crippen LogP contribution in [-0.2, 0) is 4.79 Å². The Hall–Kier alpha value is -3.14. The number of carbonyl (C=O) groups is 2. The van der Waals surface area contributed by atoms with Gasteiger partial charge in [-0.25, -0.2) is 4.39 Å². The standard InChI is InChI=1S/C25H22ClFN4O2S2/c1-14(23(32)29-25-30-28-13-34-25)22(16-5-4-6-17(27)11-16)21-10-9-20(35-21)15-7-8-18(19(26)12-15)24(33)31(2)3/h4-14,22H,1-3H3,(H,29,30,32)/t14-,22+/m0/s1. The van der Waals surface area contributed by atoms with Crippen molar-refractivity contribution in [2.45, 2.75) is 12.8 Å². The third-order valence-electron chi connectivity index (χ3n) is 5.54. The smallest absolute Gasteiger partial charge is 0.254 e. The third kappa shape index (κ3) is 5.58. The average molecular weight is 529 g/mol. The molecule has 2 aromatic carbocycles. The van der Waals surface area contributed by atoms with Crippen LogP contribution < -0.4 is 5.32 Å². The topological polar surface area (TPSA) is 75.2 Å². The number of nitrogens with one attached hydrogen (secondary N) is 1. The lowest BCUT2D eigenvalue weighted by atomic mass is 9.85. The lowest BCUT2D eigenvalue weighted by Crippen LogP contribution is -2.26. The normalized spacial score (nSPS) is 12.7. The molecule has 0 fully saturated rings. The van der Waals surface area contributed by atoms with Crippen LogP contribution in [0.2, 0.25) is 5.02 Å². The van der Waals surface area contributed by atoms with E-state index >= 15 is 0 Å². The second-order valence-corrected chi connectivity index (χ2v) is 10.5. The van der Waals surface area contributed by atoms with Gasteiger partial charge in [0.15, 0.2) is 0 Å². The van der Waals surface area contributed by atoms with Crippen LogP contribution in [0.5, 0.6) is 0 Å². The number of amides is 2. The first kappa shape index (κ1) is 25.0. The van der Waals surface area contributed by atoms with E-state index in [1.54, 1.807) is 37.8 Å². The highest BCUT2D eigenvalue weighted by atomic mass is 35.5. The summed E-state index contributed by atoms with van der Waals surface area (Å²) in [5, 5.41) is 11.2. The molecule has 0 aliphatic heterocycles. The molecule has 0 unspecified atom stereocenters. The second-order valence-electron chi connectivity index (χ2n) is 8.15. The Balaban J connectivity index is 1.68. The molecular weight excluding hydrogens is 507 g/mol. The Morgan fingerprint density at radius 2 is 1.91 bits per heavy atom. The molecule has 0 saturated heterocycles. The predicted molar refractivity (Wildman–Crippen MR) is 139 cm³/mol. The van der Waals surface area contributed by atoms with Crippen molar-refractivity contribution in [1.29, 1.82) is 0 Å². The van der Waals surface area contributed by atoms with Crippen LogP contribution in [0.3, 0.4) is 0 Å². The molecule has 2 heterocycles. The van der Waals surface area contributed by atoms with Crippen LogP contribution in [0, 0.1) is 11.7 Å². The minimum Gasteiger partial charge on any atom is -0.345 e. The van der Waals surface area contributed by atoms with Crippen molar-refractivity contribution in [2.24, 2.45) is 5.92 Å². The first-order valence-corrected chi connectivity index (χ1v) is 12.8. The van der Waals surface area contributed by atoms with Crippen molar-refractivity contribution in [3.8, 4) is 10.4 Å². The first-order valence-electron chi connectivity index (χ1n) is 10.7. The Bertz CT molecular complexity index is 1360.